The van der Waals surface area contributed by atoms with Crippen LogP contribution in [0, 0.1) is 18.3 Å². The van der Waals surface area contributed by atoms with Crippen LogP contribution in [0.25, 0.3) is 0 Å². The Hall–Kier alpha value is -3.70. The summed E-state index contributed by atoms with van der Waals surface area (Å²) in [5, 5.41) is 12.0. The minimum absolute atomic E-state index is 0.00499. The summed E-state index contributed by atoms with van der Waals surface area (Å²) in [6.07, 6.45) is 0.452. The topological polar surface area (TPSA) is 105 Å². The molecule has 0 saturated heterocycles. The summed E-state index contributed by atoms with van der Waals surface area (Å²) in [7, 11) is 4.80. The average Bonchev–Trinajstić information content (AvgIpc) is 2.78. The summed E-state index contributed by atoms with van der Waals surface area (Å²) in [4.78, 5) is 38.0. The first-order chi connectivity index (χ1) is 15.6. The molecule has 0 aliphatic heterocycles. The molecule has 0 heterocycles. The van der Waals surface area contributed by atoms with Crippen LogP contribution in [0.2, 0.25) is 0 Å². The van der Waals surface area contributed by atoms with E-state index in [9.17, 15) is 19.6 Å². The van der Waals surface area contributed by atoms with E-state index in [2.05, 4.69) is 5.32 Å². The molecular weight excluding hydrogens is 422 g/mol. The molecule has 0 aliphatic rings. The van der Waals surface area contributed by atoms with Crippen molar-refractivity contribution in [1.82, 2.24) is 0 Å². The van der Waals surface area contributed by atoms with E-state index in [1.165, 1.54) is 13.2 Å². The van der Waals surface area contributed by atoms with Gasteiger partial charge in [-0.2, -0.15) is 5.26 Å². The molecule has 0 spiro atoms. The molecule has 2 rings (SSSR count). The summed E-state index contributed by atoms with van der Waals surface area (Å²) in [5.41, 5.74) is 2.12. The quantitative estimate of drug-likeness (QED) is 0.463. The number of likely N-dealkylation sites (N-methyl/N-ethyl adjacent to an activating group) is 1. The summed E-state index contributed by atoms with van der Waals surface area (Å²) >= 11 is 0. The number of hydrogen-bond donors (Lipinski definition) is 1. The molecule has 2 aromatic carbocycles. The summed E-state index contributed by atoms with van der Waals surface area (Å²) in [6.45, 7) is 3.71. The zero-order valence-corrected chi connectivity index (χ0v) is 19.7. The van der Waals surface area contributed by atoms with E-state index in [0.29, 0.717) is 12.0 Å². The third-order valence-electron chi connectivity index (χ3n) is 5.43. The fraction of sp³-hybridized carbons (Fsp3) is 0.360. The molecule has 1 N–H and O–H groups in total. The van der Waals surface area contributed by atoms with Gasteiger partial charge in [-0.1, -0.05) is 37.3 Å². The number of nitrogens with one attached hydrogen (secondary N) is 1. The fourth-order valence-corrected chi connectivity index (χ4v) is 3.72. The van der Waals surface area contributed by atoms with E-state index in [1.54, 1.807) is 27.1 Å². The molecule has 1 unspecified atom stereocenters. The summed E-state index contributed by atoms with van der Waals surface area (Å²) in [5.74, 6) is -1.42. The maximum absolute atomic E-state index is 13.2. The van der Waals surface area contributed by atoms with Gasteiger partial charge in [-0.25, -0.2) is 9.59 Å². The van der Waals surface area contributed by atoms with Crippen LogP contribution in [0.5, 0.6) is 0 Å². The lowest BCUT2D eigenvalue weighted by molar-refractivity contribution is -0.898. The van der Waals surface area contributed by atoms with Gasteiger partial charge < -0.3 is 19.3 Å². The number of aryl methyl sites for hydroxylation is 1. The van der Waals surface area contributed by atoms with Crippen LogP contribution in [0.15, 0.2) is 42.5 Å². The van der Waals surface area contributed by atoms with Gasteiger partial charge in [-0.3, -0.25) is 4.79 Å². The Bertz CT molecular complexity index is 1060. The van der Waals surface area contributed by atoms with E-state index >= 15 is 0 Å². The zero-order chi connectivity index (χ0) is 24.6. The lowest BCUT2D eigenvalue weighted by Gasteiger charge is -2.35. The number of esters is 2. The first kappa shape index (κ1) is 25.6. The molecule has 0 aromatic heterocycles. The average molecular weight is 453 g/mol. The van der Waals surface area contributed by atoms with Gasteiger partial charge in [-0.05, 0) is 30.2 Å². The minimum Gasteiger partial charge on any atom is -0.465 e. The highest BCUT2D eigenvalue weighted by Crippen LogP contribution is 2.25. The van der Waals surface area contributed by atoms with Gasteiger partial charge in [0.05, 0.1) is 44.1 Å². The van der Waals surface area contributed by atoms with Crippen LogP contribution in [0.3, 0.4) is 0 Å². The Morgan fingerprint density at radius 2 is 1.82 bits per heavy atom. The van der Waals surface area contributed by atoms with Crippen molar-refractivity contribution in [1.29, 1.82) is 5.26 Å². The second kappa shape index (κ2) is 11.2. The Kier molecular flexibility index (Phi) is 8.71. The van der Waals surface area contributed by atoms with Gasteiger partial charge in [-0.15, -0.1) is 0 Å². The molecule has 8 heteroatoms. The first-order valence-electron chi connectivity index (χ1n) is 10.6. The number of methoxy groups -OCH3 is 1. The number of ether oxygens (including phenoxy) is 2. The van der Waals surface area contributed by atoms with Crippen LogP contribution in [-0.4, -0.2) is 56.1 Å². The molecule has 8 nitrogen and oxygen atoms in total. The lowest BCUT2D eigenvalue weighted by Crippen LogP contribution is -2.56. The van der Waals surface area contributed by atoms with Crippen molar-refractivity contribution in [2.45, 2.75) is 32.9 Å². The number of carbonyl (C=O) groups is 3. The molecule has 0 saturated carbocycles. The predicted molar refractivity (Wildman–Crippen MR) is 123 cm³/mol. The number of carbonyl (C=O) groups excluding carboxylic acids is 3. The van der Waals surface area contributed by atoms with Crippen molar-refractivity contribution in [3.63, 3.8) is 0 Å². The monoisotopic (exact) mass is 452 g/mol. The number of benzene rings is 2. The zero-order valence-electron chi connectivity index (χ0n) is 19.7. The third kappa shape index (κ3) is 6.64. The van der Waals surface area contributed by atoms with Gasteiger partial charge in [0.25, 0.3) is 5.91 Å². The smallest absolute Gasteiger partial charge is 0.362 e. The number of amides is 1. The molecule has 2 aromatic rings. The molecule has 33 heavy (non-hydrogen) atoms. The first-order valence-corrected chi connectivity index (χ1v) is 10.6. The van der Waals surface area contributed by atoms with Crippen molar-refractivity contribution in [2.75, 3.05) is 33.1 Å². The Balaban J connectivity index is 2.17. The molecule has 0 radical (unpaired) electrons. The van der Waals surface area contributed by atoms with Gasteiger partial charge in [0.1, 0.15) is 6.61 Å². The fourth-order valence-electron chi connectivity index (χ4n) is 3.72. The Morgan fingerprint density at radius 1 is 1.15 bits per heavy atom. The molecular formula is C25H30N3O5+. The molecule has 1 amide bonds. The highest BCUT2D eigenvalue weighted by molar-refractivity contribution is 6.03. The maximum atomic E-state index is 13.2. The normalized spacial score (nSPS) is 11.8. The summed E-state index contributed by atoms with van der Waals surface area (Å²) < 4.78 is 10.3. The second-order valence-electron chi connectivity index (χ2n) is 8.32. The number of nitriles is 1. The molecule has 0 bridgehead atoms. The number of quaternary nitrogens is 1. The van der Waals surface area contributed by atoms with Gasteiger partial charge in [0.15, 0.2) is 12.6 Å². The van der Waals surface area contributed by atoms with E-state index in [-0.39, 0.29) is 40.4 Å². The van der Waals surface area contributed by atoms with Crippen LogP contribution in [-0.2, 0) is 25.7 Å². The highest BCUT2D eigenvalue weighted by Gasteiger charge is 2.36. The van der Waals surface area contributed by atoms with Gasteiger partial charge in [0, 0.05) is 6.42 Å². The van der Waals surface area contributed by atoms with Crippen LogP contribution >= 0.6 is 0 Å². The van der Waals surface area contributed by atoms with Gasteiger partial charge in [0.2, 0.25) is 0 Å². The van der Waals surface area contributed by atoms with Crippen LogP contribution in [0.1, 0.15) is 40.4 Å². The van der Waals surface area contributed by atoms with E-state index in [1.807, 2.05) is 43.3 Å². The number of anilines is 1. The van der Waals surface area contributed by atoms with Crippen molar-refractivity contribution >= 4 is 23.5 Å². The lowest BCUT2D eigenvalue weighted by atomic mass is 10.0. The standard InChI is InChI=1S/C25H29N3O5/c1-6-21(28(3,4)15-22(29)33-16-18-10-8-7-9-11-18)24(30)27-23-17(2)12-19(14-26)13-20(23)25(31)32-5/h7-13,21H,6,15-16H2,1-5H3/p+1. The number of nitrogens with zero attached hydrogens (tertiary/aromatic N) is 2. The van der Waals surface area contributed by atoms with Crippen molar-refractivity contribution < 1.29 is 28.3 Å². The van der Waals surface area contributed by atoms with Crippen molar-refractivity contribution in [2.24, 2.45) is 0 Å². The van der Waals surface area contributed by atoms with Crippen molar-refractivity contribution in [3.8, 4) is 6.07 Å². The Labute approximate surface area is 194 Å². The van der Waals surface area contributed by atoms with Crippen molar-refractivity contribution in [3.05, 3.63) is 64.7 Å². The second-order valence-corrected chi connectivity index (χ2v) is 8.32. The summed E-state index contributed by atoms with van der Waals surface area (Å²) in [6, 6.07) is 13.7. The van der Waals surface area contributed by atoms with E-state index in [0.717, 1.165) is 5.56 Å². The Morgan fingerprint density at radius 3 is 2.39 bits per heavy atom. The SMILES string of the molecule is CCC(C(=O)Nc1c(C)cc(C#N)cc1C(=O)OC)[N+](C)(C)CC(=O)OCc1ccccc1. The number of rotatable bonds is 9. The van der Waals surface area contributed by atoms with Crippen LogP contribution < -0.4 is 5.32 Å². The minimum atomic E-state index is -0.656. The van der Waals surface area contributed by atoms with E-state index in [4.69, 9.17) is 9.47 Å². The maximum Gasteiger partial charge on any atom is 0.362 e. The number of hydrogen-bond acceptors (Lipinski definition) is 6. The molecule has 174 valence electrons. The largest absolute Gasteiger partial charge is 0.465 e. The predicted octanol–water partition coefficient (Wildman–Crippen LogP) is 3.19. The van der Waals surface area contributed by atoms with Crippen LogP contribution in [0.4, 0.5) is 5.69 Å². The highest BCUT2D eigenvalue weighted by atomic mass is 16.5. The third-order valence-corrected chi connectivity index (χ3v) is 5.43. The molecule has 1 atom stereocenters. The molecule has 0 fully saturated rings. The molecule has 0 aliphatic carbocycles. The van der Waals surface area contributed by atoms with E-state index < -0.39 is 18.0 Å². The van der Waals surface area contributed by atoms with Gasteiger partial charge >= 0.3 is 11.9 Å².